The van der Waals surface area contributed by atoms with E-state index in [2.05, 4.69) is 14.2 Å². The van der Waals surface area contributed by atoms with Gasteiger partial charge in [0.2, 0.25) is 0 Å². The molecule has 0 aliphatic carbocycles. The Balaban J connectivity index is 3.47. The zero-order valence-corrected chi connectivity index (χ0v) is 9.68. The molecule has 0 amide bonds. The number of benzene rings is 1. The van der Waals surface area contributed by atoms with Gasteiger partial charge in [0.25, 0.3) is 0 Å². The van der Waals surface area contributed by atoms with Crippen molar-refractivity contribution in [1.82, 2.24) is 0 Å². The molecule has 0 unspecified atom stereocenters. The molecule has 0 saturated heterocycles. The van der Waals surface area contributed by atoms with Crippen molar-refractivity contribution in [3.8, 4) is 5.75 Å². The fourth-order valence-corrected chi connectivity index (χ4v) is 1.54. The van der Waals surface area contributed by atoms with E-state index in [9.17, 15) is 17.1 Å². The van der Waals surface area contributed by atoms with Gasteiger partial charge in [-0.2, -0.15) is 8.42 Å². The minimum absolute atomic E-state index is 0.101. The van der Waals surface area contributed by atoms with Gasteiger partial charge in [-0.15, -0.1) is 0 Å². The van der Waals surface area contributed by atoms with Crippen LogP contribution < -0.4 is 4.18 Å². The SMILES string of the molecule is Cc1c(N=[N+]=[N-])cc(OS(=O)(=O)F)cc1C(=O)O. The molecular weight excluding hydrogens is 269 g/mol. The van der Waals surface area contributed by atoms with Gasteiger partial charge >= 0.3 is 16.5 Å². The Morgan fingerprint density at radius 3 is 2.61 bits per heavy atom. The monoisotopic (exact) mass is 275 g/mol. The van der Waals surface area contributed by atoms with Crippen LogP contribution in [0.3, 0.4) is 0 Å². The third-order valence-electron chi connectivity index (χ3n) is 1.93. The van der Waals surface area contributed by atoms with Crippen molar-refractivity contribution in [2.75, 3.05) is 0 Å². The summed E-state index contributed by atoms with van der Waals surface area (Å²) in [4.78, 5) is 13.3. The van der Waals surface area contributed by atoms with Gasteiger partial charge in [-0.05, 0) is 30.2 Å². The standard InChI is InChI=1S/C8H6FN3O5S/c1-4-6(8(13)14)2-5(17-18(9,15)16)3-7(4)11-12-10/h2-3H,1H3,(H,13,14). The van der Waals surface area contributed by atoms with Crippen molar-refractivity contribution in [3.05, 3.63) is 33.7 Å². The maximum Gasteiger partial charge on any atom is 0.488 e. The summed E-state index contributed by atoms with van der Waals surface area (Å²) in [6.07, 6.45) is 0. The second kappa shape index (κ2) is 4.90. The van der Waals surface area contributed by atoms with Crippen LogP contribution in [-0.4, -0.2) is 19.5 Å². The van der Waals surface area contributed by atoms with Crippen LogP contribution in [0.15, 0.2) is 17.2 Å². The number of carbonyl (C=O) groups is 1. The van der Waals surface area contributed by atoms with E-state index in [1.807, 2.05) is 0 Å². The molecule has 0 heterocycles. The molecule has 0 fully saturated rings. The number of nitrogens with zero attached hydrogens (tertiary/aromatic N) is 3. The minimum Gasteiger partial charge on any atom is -0.478 e. The fraction of sp³-hybridized carbons (Fsp3) is 0.125. The highest BCUT2D eigenvalue weighted by atomic mass is 32.3. The Morgan fingerprint density at radius 2 is 2.17 bits per heavy atom. The number of rotatable bonds is 4. The molecule has 1 rings (SSSR count). The highest BCUT2D eigenvalue weighted by molar-refractivity contribution is 7.81. The lowest BCUT2D eigenvalue weighted by molar-refractivity contribution is 0.0695. The van der Waals surface area contributed by atoms with Crippen LogP contribution in [0.4, 0.5) is 9.57 Å². The van der Waals surface area contributed by atoms with Crippen molar-refractivity contribution in [2.45, 2.75) is 6.92 Å². The van der Waals surface area contributed by atoms with Crippen molar-refractivity contribution in [3.63, 3.8) is 0 Å². The molecule has 0 bridgehead atoms. The number of halogens is 1. The Kier molecular flexibility index (Phi) is 3.74. The Labute approximate surface area is 101 Å². The van der Waals surface area contributed by atoms with Gasteiger partial charge in [-0.25, -0.2) is 4.79 Å². The van der Waals surface area contributed by atoms with E-state index in [1.54, 1.807) is 0 Å². The molecule has 0 saturated carbocycles. The van der Waals surface area contributed by atoms with Crippen molar-refractivity contribution in [1.29, 1.82) is 0 Å². The maximum atomic E-state index is 12.3. The molecule has 0 aliphatic heterocycles. The van der Waals surface area contributed by atoms with Crippen LogP contribution in [0.2, 0.25) is 0 Å². The first-order valence-electron chi connectivity index (χ1n) is 4.31. The van der Waals surface area contributed by atoms with Crippen molar-refractivity contribution < 1.29 is 26.4 Å². The summed E-state index contributed by atoms with van der Waals surface area (Å²) in [5.41, 5.74) is 7.84. The van der Waals surface area contributed by atoms with Crippen LogP contribution in [0.1, 0.15) is 15.9 Å². The molecule has 0 spiro atoms. The first-order chi connectivity index (χ1) is 8.24. The highest BCUT2D eigenvalue weighted by Crippen LogP contribution is 2.29. The smallest absolute Gasteiger partial charge is 0.478 e. The summed E-state index contributed by atoms with van der Waals surface area (Å²) in [6, 6.07) is 1.73. The Bertz CT molecular complexity index is 628. The van der Waals surface area contributed by atoms with Gasteiger partial charge in [0.05, 0.1) is 5.56 Å². The number of hydrogen-bond acceptors (Lipinski definition) is 5. The van der Waals surface area contributed by atoms with E-state index < -0.39 is 22.2 Å². The molecule has 18 heavy (non-hydrogen) atoms. The number of carboxylic acid groups (broad SMARTS) is 1. The van der Waals surface area contributed by atoms with Crippen LogP contribution in [0.5, 0.6) is 5.75 Å². The predicted octanol–water partition coefficient (Wildman–Crippen LogP) is 2.23. The number of azide groups is 1. The molecule has 0 aromatic heterocycles. The molecule has 1 aromatic carbocycles. The van der Waals surface area contributed by atoms with Gasteiger partial charge in [-0.3, -0.25) is 0 Å². The Hall–Kier alpha value is -2.32. The lowest BCUT2D eigenvalue weighted by Gasteiger charge is -2.07. The van der Waals surface area contributed by atoms with Gasteiger partial charge in [-0.1, -0.05) is 9.00 Å². The van der Waals surface area contributed by atoms with Crippen LogP contribution >= 0.6 is 0 Å². The molecule has 96 valence electrons. The quantitative estimate of drug-likeness (QED) is 0.389. The first-order valence-corrected chi connectivity index (χ1v) is 5.62. The zero-order valence-electron chi connectivity index (χ0n) is 8.86. The number of hydrogen-bond donors (Lipinski definition) is 1. The maximum absolute atomic E-state index is 12.3. The third-order valence-corrected chi connectivity index (χ3v) is 2.32. The molecule has 0 aliphatic rings. The fourth-order valence-electron chi connectivity index (χ4n) is 1.21. The molecule has 1 N–H and O–H groups in total. The van der Waals surface area contributed by atoms with Crippen LogP contribution in [-0.2, 0) is 10.5 Å². The highest BCUT2D eigenvalue weighted by Gasteiger charge is 2.16. The molecule has 10 heteroatoms. The van der Waals surface area contributed by atoms with Gasteiger partial charge in [0.15, 0.2) is 0 Å². The van der Waals surface area contributed by atoms with Crippen LogP contribution in [0, 0.1) is 6.92 Å². The van der Waals surface area contributed by atoms with E-state index in [0.717, 1.165) is 12.1 Å². The van der Waals surface area contributed by atoms with Crippen molar-refractivity contribution >= 4 is 22.2 Å². The summed E-state index contributed by atoms with van der Waals surface area (Å²) >= 11 is 0. The van der Waals surface area contributed by atoms with Gasteiger partial charge < -0.3 is 9.29 Å². The van der Waals surface area contributed by atoms with E-state index in [0.29, 0.717) is 0 Å². The molecule has 1 aromatic rings. The third kappa shape index (κ3) is 3.34. The molecule has 0 radical (unpaired) electrons. The Morgan fingerprint density at radius 1 is 1.56 bits per heavy atom. The number of aromatic carboxylic acids is 1. The minimum atomic E-state index is -5.29. The predicted molar refractivity (Wildman–Crippen MR) is 57.6 cm³/mol. The summed E-state index contributed by atoms with van der Waals surface area (Å²) in [5, 5.41) is 12.0. The van der Waals surface area contributed by atoms with Gasteiger partial charge in [0, 0.05) is 10.6 Å². The second-order valence-corrected chi connectivity index (χ2v) is 4.04. The summed E-state index contributed by atoms with van der Waals surface area (Å²) in [5.74, 6) is -1.99. The lowest BCUT2D eigenvalue weighted by atomic mass is 10.1. The van der Waals surface area contributed by atoms with Gasteiger partial charge in [0.1, 0.15) is 5.75 Å². The average Bonchev–Trinajstić information content (AvgIpc) is 2.20. The van der Waals surface area contributed by atoms with E-state index in [1.165, 1.54) is 6.92 Å². The first kappa shape index (κ1) is 13.7. The topological polar surface area (TPSA) is 129 Å². The number of carboxylic acids is 1. The molecular formula is C8H6FN3O5S. The second-order valence-electron chi connectivity index (χ2n) is 3.09. The molecule has 8 nitrogen and oxygen atoms in total. The summed E-state index contributed by atoms with van der Waals surface area (Å²) < 4.78 is 36.8. The zero-order chi connectivity index (χ0) is 13.9. The summed E-state index contributed by atoms with van der Waals surface area (Å²) in [7, 11) is -5.29. The normalized spacial score (nSPS) is 10.6. The molecule has 0 atom stereocenters. The lowest BCUT2D eigenvalue weighted by Crippen LogP contribution is -2.05. The largest absolute Gasteiger partial charge is 0.488 e. The van der Waals surface area contributed by atoms with E-state index in [-0.39, 0.29) is 16.8 Å². The average molecular weight is 275 g/mol. The van der Waals surface area contributed by atoms with Crippen LogP contribution in [0.25, 0.3) is 10.4 Å². The van der Waals surface area contributed by atoms with Crippen molar-refractivity contribution in [2.24, 2.45) is 5.11 Å². The van der Waals surface area contributed by atoms with E-state index >= 15 is 0 Å². The van der Waals surface area contributed by atoms with E-state index in [4.69, 9.17) is 10.6 Å². The summed E-state index contributed by atoms with van der Waals surface area (Å²) in [6.45, 7) is 1.35.